The van der Waals surface area contributed by atoms with Crippen LogP contribution in [0.2, 0.25) is 5.02 Å². The average Bonchev–Trinajstić information content (AvgIpc) is 2.95. The number of alkyl halides is 3. The van der Waals surface area contributed by atoms with Crippen molar-refractivity contribution < 1.29 is 22.8 Å². The molecule has 0 bridgehead atoms. The van der Waals surface area contributed by atoms with Crippen LogP contribution >= 0.6 is 11.6 Å². The molecule has 0 saturated carbocycles. The minimum Gasteiger partial charge on any atom is -0.342 e. The SMILES string of the molecule is CCCN(CCC)C(=O)C1CC(=O)N(c2ccc(Cl)cc2C(F)(F)F)C1. The minimum absolute atomic E-state index is 0.0493. The summed E-state index contributed by atoms with van der Waals surface area (Å²) in [5.74, 6) is -1.28. The smallest absolute Gasteiger partial charge is 0.342 e. The molecule has 26 heavy (non-hydrogen) atoms. The molecule has 8 heteroatoms. The fourth-order valence-electron chi connectivity index (χ4n) is 3.21. The molecule has 0 radical (unpaired) electrons. The zero-order valence-electron chi connectivity index (χ0n) is 14.8. The van der Waals surface area contributed by atoms with E-state index < -0.39 is 23.6 Å². The van der Waals surface area contributed by atoms with Crippen LogP contribution in [0.1, 0.15) is 38.7 Å². The van der Waals surface area contributed by atoms with Crippen LogP contribution in [0, 0.1) is 5.92 Å². The van der Waals surface area contributed by atoms with E-state index in [2.05, 4.69) is 0 Å². The van der Waals surface area contributed by atoms with E-state index in [-0.39, 0.29) is 29.6 Å². The maximum atomic E-state index is 13.3. The lowest BCUT2D eigenvalue weighted by molar-refractivity contribution is -0.137. The second-order valence-corrected chi connectivity index (χ2v) is 6.83. The van der Waals surface area contributed by atoms with E-state index in [0.29, 0.717) is 13.1 Å². The first-order chi connectivity index (χ1) is 12.2. The highest BCUT2D eigenvalue weighted by Crippen LogP contribution is 2.40. The molecule has 1 aliphatic heterocycles. The van der Waals surface area contributed by atoms with E-state index >= 15 is 0 Å². The number of carbonyl (C=O) groups excluding carboxylic acids is 2. The predicted molar refractivity (Wildman–Crippen MR) is 94.1 cm³/mol. The zero-order chi connectivity index (χ0) is 19.5. The summed E-state index contributed by atoms with van der Waals surface area (Å²) in [4.78, 5) is 27.8. The Morgan fingerprint density at radius 2 is 1.88 bits per heavy atom. The van der Waals surface area contributed by atoms with Crippen LogP contribution in [-0.4, -0.2) is 36.3 Å². The molecule has 1 atom stereocenters. The molecule has 0 N–H and O–H groups in total. The molecule has 2 rings (SSSR count). The third kappa shape index (κ3) is 4.50. The Bertz CT molecular complexity index is 673. The number of hydrogen-bond acceptors (Lipinski definition) is 2. The van der Waals surface area contributed by atoms with E-state index in [4.69, 9.17) is 11.6 Å². The van der Waals surface area contributed by atoms with E-state index in [1.807, 2.05) is 13.8 Å². The fraction of sp³-hybridized carbons (Fsp3) is 0.556. The monoisotopic (exact) mass is 390 g/mol. The molecular formula is C18H22ClF3N2O2. The molecule has 1 aromatic carbocycles. The summed E-state index contributed by atoms with van der Waals surface area (Å²) in [6, 6.07) is 3.31. The van der Waals surface area contributed by atoms with Crippen LogP contribution in [0.4, 0.5) is 18.9 Å². The molecule has 1 aromatic rings. The van der Waals surface area contributed by atoms with Crippen LogP contribution in [0.5, 0.6) is 0 Å². The Labute approximate surface area is 155 Å². The van der Waals surface area contributed by atoms with Crippen molar-refractivity contribution in [1.29, 1.82) is 0 Å². The number of amides is 2. The van der Waals surface area contributed by atoms with Gasteiger partial charge in [0.25, 0.3) is 0 Å². The van der Waals surface area contributed by atoms with Gasteiger partial charge in [0.05, 0.1) is 17.2 Å². The predicted octanol–water partition coefficient (Wildman–Crippen LogP) is 4.36. The highest BCUT2D eigenvalue weighted by Gasteiger charge is 2.41. The Morgan fingerprint density at radius 3 is 2.42 bits per heavy atom. The van der Waals surface area contributed by atoms with Crippen molar-refractivity contribution in [3.8, 4) is 0 Å². The Morgan fingerprint density at radius 1 is 1.27 bits per heavy atom. The second kappa shape index (κ2) is 8.29. The first-order valence-corrected chi connectivity index (χ1v) is 9.02. The van der Waals surface area contributed by atoms with Crippen molar-refractivity contribution >= 4 is 29.1 Å². The van der Waals surface area contributed by atoms with Crippen molar-refractivity contribution in [3.05, 3.63) is 28.8 Å². The number of carbonyl (C=O) groups is 2. The Balaban J connectivity index is 2.27. The lowest BCUT2D eigenvalue weighted by Crippen LogP contribution is -2.38. The van der Waals surface area contributed by atoms with E-state index in [0.717, 1.165) is 23.8 Å². The number of hydrogen-bond donors (Lipinski definition) is 0. The first kappa shape index (κ1) is 20.6. The molecule has 0 aliphatic carbocycles. The number of halogens is 4. The summed E-state index contributed by atoms with van der Waals surface area (Å²) >= 11 is 5.69. The highest BCUT2D eigenvalue weighted by atomic mass is 35.5. The van der Waals surface area contributed by atoms with Gasteiger partial charge in [0.1, 0.15) is 0 Å². The van der Waals surface area contributed by atoms with Crippen LogP contribution < -0.4 is 4.90 Å². The largest absolute Gasteiger partial charge is 0.418 e. The summed E-state index contributed by atoms with van der Waals surface area (Å²) in [6.07, 6.45) is -3.15. The molecule has 2 amide bonds. The van der Waals surface area contributed by atoms with E-state index in [9.17, 15) is 22.8 Å². The third-order valence-corrected chi connectivity index (χ3v) is 4.56. The topological polar surface area (TPSA) is 40.6 Å². The summed E-state index contributed by atoms with van der Waals surface area (Å²) in [5.41, 5.74) is -1.22. The van der Waals surface area contributed by atoms with Crippen LogP contribution in [-0.2, 0) is 15.8 Å². The number of anilines is 1. The molecule has 4 nitrogen and oxygen atoms in total. The number of benzene rings is 1. The Hall–Kier alpha value is -1.76. The van der Waals surface area contributed by atoms with Gasteiger partial charge < -0.3 is 9.80 Å². The summed E-state index contributed by atoms with van der Waals surface area (Å²) in [7, 11) is 0. The van der Waals surface area contributed by atoms with Crippen LogP contribution in [0.3, 0.4) is 0 Å². The fourth-order valence-corrected chi connectivity index (χ4v) is 3.38. The van der Waals surface area contributed by atoms with Gasteiger partial charge in [-0.2, -0.15) is 13.2 Å². The van der Waals surface area contributed by atoms with Gasteiger partial charge in [0.2, 0.25) is 11.8 Å². The maximum absolute atomic E-state index is 13.3. The minimum atomic E-state index is -4.64. The molecule has 1 aliphatic rings. The van der Waals surface area contributed by atoms with E-state index in [1.54, 1.807) is 4.90 Å². The van der Waals surface area contributed by atoms with E-state index in [1.165, 1.54) is 12.1 Å². The van der Waals surface area contributed by atoms with Crippen LogP contribution in [0.25, 0.3) is 0 Å². The summed E-state index contributed by atoms with van der Waals surface area (Å²) in [6.45, 7) is 5.00. The maximum Gasteiger partial charge on any atom is 0.418 e. The van der Waals surface area contributed by atoms with Gasteiger partial charge in [0, 0.05) is 31.1 Å². The molecule has 1 unspecified atom stereocenters. The zero-order valence-corrected chi connectivity index (χ0v) is 15.5. The van der Waals surface area contributed by atoms with Gasteiger partial charge in [-0.15, -0.1) is 0 Å². The molecule has 1 saturated heterocycles. The lowest BCUT2D eigenvalue weighted by atomic mass is 10.1. The molecule has 144 valence electrons. The third-order valence-electron chi connectivity index (χ3n) is 4.33. The highest BCUT2D eigenvalue weighted by molar-refractivity contribution is 6.30. The van der Waals surface area contributed by atoms with Gasteiger partial charge in [-0.05, 0) is 31.0 Å². The standard InChI is InChI=1S/C18H22ClF3N2O2/c1-3-7-23(8-4-2)17(26)12-9-16(25)24(11-12)15-6-5-13(19)10-14(15)18(20,21)22/h5-6,10,12H,3-4,7-9,11H2,1-2H3. The normalized spacial score (nSPS) is 17.7. The molecule has 1 fully saturated rings. The molecular weight excluding hydrogens is 369 g/mol. The van der Waals surface area contributed by atoms with Crippen molar-refractivity contribution in [2.75, 3.05) is 24.5 Å². The quantitative estimate of drug-likeness (QED) is 0.724. The average molecular weight is 391 g/mol. The van der Waals surface area contributed by atoms with Crippen molar-refractivity contribution in [1.82, 2.24) is 4.90 Å². The molecule has 0 spiro atoms. The summed E-state index contributed by atoms with van der Waals surface area (Å²) in [5, 5.41) is -0.0579. The van der Waals surface area contributed by atoms with Crippen molar-refractivity contribution in [2.24, 2.45) is 5.92 Å². The van der Waals surface area contributed by atoms with Crippen molar-refractivity contribution in [2.45, 2.75) is 39.3 Å². The van der Waals surface area contributed by atoms with Gasteiger partial charge in [0.15, 0.2) is 0 Å². The molecule has 1 heterocycles. The summed E-state index contributed by atoms with van der Waals surface area (Å²) < 4.78 is 40.0. The van der Waals surface area contributed by atoms with Gasteiger partial charge in [-0.3, -0.25) is 9.59 Å². The number of nitrogens with zero attached hydrogens (tertiary/aromatic N) is 2. The van der Waals surface area contributed by atoms with Crippen LogP contribution in [0.15, 0.2) is 18.2 Å². The first-order valence-electron chi connectivity index (χ1n) is 8.64. The second-order valence-electron chi connectivity index (χ2n) is 6.39. The van der Waals surface area contributed by atoms with Crippen molar-refractivity contribution in [3.63, 3.8) is 0 Å². The molecule has 0 aromatic heterocycles. The van der Waals surface area contributed by atoms with Gasteiger partial charge >= 0.3 is 6.18 Å². The lowest BCUT2D eigenvalue weighted by Gasteiger charge is -2.25. The Kier molecular flexibility index (Phi) is 6.55. The van der Waals surface area contributed by atoms with Gasteiger partial charge in [-0.25, -0.2) is 0 Å². The van der Waals surface area contributed by atoms with Gasteiger partial charge in [-0.1, -0.05) is 25.4 Å². The number of rotatable bonds is 6.